The molecule has 0 amide bonds. The van der Waals surface area contributed by atoms with Gasteiger partial charge in [-0.1, -0.05) is 6.07 Å². The highest BCUT2D eigenvalue weighted by atomic mass is 15.2. The van der Waals surface area contributed by atoms with Crippen LogP contribution in [0.5, 0.6) is 0 Å². The number of nitriles is 1. The Bertz CT molecular complexity index is 357. The van der Waals surface area contributed by atoms with E-state index < -0.39 is 0 Å². The van der Waals surface area contributed by atoms with Gasteiger partial charge in [0.2, 0.25) is 0 Å². The lowest BCUT2D eigenvalue weighted by molar-refractivity contribution is 0.329. The Morgan fingerprint density at radius 2 is 2.19 bits per heavy atom. The molecular formula is C12H16N4. The zero-order valence-corrected chi connectivity index (χ0v) is 9.34. The van der Waals surface area contributed by atoms with Gasteiger partial charge in [-0.05, 0) is 18.6 Å². The number of hydrogen-bond donors (Lipinski definition) is 0. The fourth-order valence-electron chi connectivity index (χ4n) is 2.00. The predicted octanol–water partition coefficient (Wildman–Crippen LogP) is 1.12. The molecular weight excluding hydrogens is 200 g/mol. The van der Waals surface area contributed by atoms with E-state index in [0.717, 1.165) is 38.4 Å². The van der Waals surface area contributed by atoms with Gasteiger partial charge in [0.15, 0.2) is 0 Å². The molecule has 4 heteroatoms. The fourth-order valence-corrected chi connectivity index (χ4v) is 2.00. The van der Waals surface area contributed by atoms with E-state index in [4.69, 9.17) is 5.26 Å². The van der Waals surface area contributed by atoms with E-state index in [1.165, 1.54) is 0 Å². The normalized spacial score (nSPS) is 17.8. The van der Waals surface area contributed by atoms with Gasteiger partial charge in [0.25, 0.3) is 0 Å². The monoisotopic (exact) mass is 216 g/mol. The molecule has 0 aliphatic carbocycles. The molecule has 1 fully saturated rings. The zero-order valence-electron chi connectivity index (χ0n) is 9.34. The van der Waals surface area contributed by atoms with Crippen molar-refractivity contribution in [2.45, 2.75) is 6.42 Å². The summed E-state index contributed by atoms with van der Waals surface area (Å²) >= 11 is 0. The third-order valence-electron chi connectivity index (χ3n) is 2.86. The average Bonchev–Trinajstić information content (AvgIpc) is 2.57. The molecule has 0 saturated carbocycles. The highest BCUT2D eigenvalue weighted by molar-refractivity contribution is 5.37. The molecule has 0 aromatic carbocycles. The Hall–Kier alpha value is -1.60. The first-order valence-electron chi connectivity index (χ1n) is 5.65. The van der Waals surface area contributed by atoms with E-state index in [9.17, 15) is 0 Å². The summed E-state index contributed by atoms with van der Waals surface area (Å²) in [6.45, 7) is 4.48. The lowest BCUT2D eigenvalue weighted by atomic mass is 10.3. The molecule has 2 heterocycles. The molecule has 0 unspecified atom stereocenters. The first kappa shape index (κ1) is 10.9. The first-order chi connectivity index (χ1) is 7.90. The molecule has 0 bridgehead atoms. The summed E-state index contributed by atoms with van der Waals surface area (Å²) in [5.74, 6) is 1.04. The largest absolute Gasteiger partial charge is 0.355 e. The van der Waals surface area contributed by atoms with Gasteiger partial charge in [0.05, 0.1) is 12.6 Å². The molecule has 0 radical (unpaired) electrons. The molecule has 0 spiro atoms. The summed E-state index contributed by atoms with van der Waals surface area (Å²) in [6.07, 6.45) is 2.92. The van der Waals surface area contributed by atoms with E-state index in [0.29, 0.717) is 6.54 Å². The lowest BCUT2D eigenvalue weighted by Crippen LogP contribution is -2.31. The maximum absolute atomic E-state index is 8.68. The van der Waals surface area contributed by atoms with Crippen LogP contribution in [0.25, 0.3) is 0 Å². The molecule has 2 rings (SSSR count). The fraction of sp³-hybridized carbons (Fsp3) is 0.500. The second kappa shape index (κ2) is 5.47. The Morgan fingerprint density at radius 1 is 1.25 bits per heavy atom. The van der Waals surface area contributed by atoms with Crippen molar-refractivity contribution in [2.75, 3.05) is 37.6 Å². The van der Waals surface area contributed by atoms with E-state index in [1.54, 1.807) is 0 Å². The van der Waals surface area contributed by atoms with Gasteiger partial charge in [0.1, 0.15) is 5.82 Å². The van der Waals surface area contributed by atoms with Gasteiger partial charge in [0, 0.05) is 32.4 Å². The van der Waals surface area contributed by atoms with Crippen molar-refractivity contribution in [2.24, 2.45) is 0 Å². The van der Waals surface area contributed by atoms with E-state index in [1.807, 2.05) is 24.4 Å². The van der Waals surface area contributed by atoms with Crippen molar-refractivity contribution in [1.29, 1.82) is 5.26 Å². The summed E-state index contributed by atoms with van der Waals surface area (Å²) in [5.41, 5.74) is 0. The van der Waals surface area contributed by atoms with Crippen molar-refractivity contribution < 1.29 is 0 Å². The quantitative estimate of drug-likeness (QED) is 0.695. The highest BCUT2D eigenvalue weighted by Gasteiger charge is 2.14. The van der Waals surface area contributed by atoms with Crippen LogP contribution in [0, 0.1) is 11.3 Å². The molecule has 1 aliphatic rings. The van der Waals surface area contributed by atoms with Crippen molar-refractivity contribution >= 4 is 5.82 Å². The average molecular weight is 216 g/mol. The topological polar surface area (TPSA) is 43.2 Å². The van der Waals surface area contributed by atoms with Crippen LogP contribution in [0.4, 0.5) is 5.82 Å². The van der Waals surface area contributed by atoms with Gasteiger partial charge in [-0.2, -0.15) is 5.26 Å². The maximum Gasteiger partial charge on any atom is 0.128 e. The molecule has 0 atom stereocenters. The Labute approximate surface area is 96.1 Å². The summed E-state index contributed by atoms with van der Waals surface area (Å²) in [4.78, 5) is 8.84. The number of nitrogens with zero attached hydrogens (tertiary/aromatic N) is 4. The standard InChI is InChI=1S/C12H16N4/c13-5-9-15-7-3-8-16(11-10-15)12-4-1-2-6-14-12/h1-2,4,6H,3,7-11H2. The van der Waals surface area contributed by atoms with Crippen LogP contribution in [0.3, 0.4) is 0 Å². The molecule has 0 N–H and O–H groups in total. The van der Waals surface area contributed by atoms with Crippen LogP contribution < -0.4 is 4.90 Å². The Morgan fingerprint density at radius 3 is 2.94 bits per heavy atom. The first-order valence-corrected chi connectivity index (χ1v) is 5.65. The smallest absolute Gasteiger partial charge is 0.128 e. The molecule has 84 valence electrons. The molecule has 1 saturated heterocycles. The van der Waals surface area contributed by atoms with Gasteiger partial charge in [-0.15, -0.1) is 0 Å². The SMILES string of the molecule is N#CCN1CCCN(c2ccccn2)CC1. The minimum atomic E-state index is 0.538. The van der Waals surface area contributed by atoms with Gasteiger partial charge >= 0.3 is 0 Å². The number of anilines is 1. The molecule has 1 aromatic heterocycles. The minimum absolute atomic E-state index is 0.538. The van der Waals surface area contributed by atoms with Crippen LogP contribution in [0.1, 0.15) is 6.42 Å². The molecule has 4 nitrogen and oxygen atoms in total. The van der Waals surface area contributed by atoms with E-state index in [2.05, 4.69) is 20.9 Å². The van der Waals surface area contributed by atoms with Crippen LogP contribution in [-0.2, 0) is 0 Å². The zero-order chi connectivity index (χ0) is 11.2. The second-order valence-corrected chi connectivity index (χ2v) is 3.96. The molecule has 16 heavy (non-hydrogen) atoms. The number of pyridine rings is 1. The summed E-state index contributed by atoms with van der Waals surface area (Å²) in [5, 5.41) is 8.68. The van der Waals surface area contributed by atoms with Gasteiger partial charge < -0.3 is 4.90 Å². The summed E-state index contributed by atoms with van der Waals surface area (Å²) < 4.78 is 0. The maximum atomic E-state index is 8.68. The van der Waals surface area contributed by atoms with Crippen molar-refractivity contribution in [1.82, 2.24) is 9.88 Å². The van der Waals surface area contributed by atoms with Crippen LogP contribution in [0.15, 0.2) is 24.4 Å². The van der Waals surface area contributed by atoms with Crippen molar-refractivity contribution in [3.05, 3.63) is 24.4 Å². The second-order valence-electron chi connectivity index (χ2n) is 3.96. The van der Waals surface area contributed by atoms with Crippen LogP contribution in [0.2, 0.25) is 0 Å². The van der Waals surface area contributed by atoms with Crippen molar-refractivity contribution in [3.63, 3.8) is 0 Å². The van der Waals surface area contributed by atoms with Gasteiger partial charge in [-0.3, -0.25) is 4.90 Å². The lowest BCUT2D eigenvalue weighted by Gasteiger charge is -2.21. The van der Waals surface area contributed by atoms with Crippen LogP contribution in [-0.4, -0.2) is 42.6 Å². The third kappa shape index (κ3) is 2.71. The highest BCUT2D eigenvalue weighted by Crippen LogP contribution is 2.12. The summed E-state index contributed by atoms with van der Waals surface area (Å²) in [6, 6.07) is 8.20. The Balaban J connectivity index is 1.97. The Kier molecular flexibility index (Phi) is 3.73. The van der Waals surface area contributed by atoms with Gasteiger partial charge in [-0.25, -0.2) is 4.98 Å². The van der Waals surface area contributed by atoms with E-state index in [-0.39, 0.29) is 0 Å². The summed E-state index contributed by atoms with van der Waals surface area (Å²) in [7, 11) is 0. The predicted molar refractivity (Wildman–Crippen MR) is 63.1 cm³/mol. The number of rotatable bonds is 2. The number of aromatic nitrogens is 1. The minimum Gasteiger partial charge on any atom is -0.355 e. The third-order valence-corrected chi connectivity index (χ3v) is 2.86. The number of hydrogen-bond acceptors (Lipinski definition) is 4. The van der Waals surface area contributed by atoms with Crippen LogP contribution >= 0.6 is 0 Å². The van der Waals surface area contributed by atoms with E-state index >= 15 is 0 Å². The molecule has 1 aliphatic heterocycles. The molecule has 1 aromatic rings. The van der Waals surface area contributed by atoms with Crippen molar-refractivity contribution in [3.8, 4) is 6.07 Å².